The van der Waals surface area contributed by atoms with Gasteiger partial charge >= 0.3 is 0 Å². The highest BCUT2D eigenvalue weighted by molar-refractivity contribution is 7.89. The molecule has 0 aliphatic carbocycles. The maximum Gasteiger partial charge on any atom is 0.243 e. The van der Waals surface area contributed by atoms with Gasteiger partial charge in [-0.1, -0.05) is 85.3 Å². The van der Waals surface area contributed by atoms with Gasteiger partial charge in [-0.15, -0.1) is 0 Å². The van der Waals surface area contributed by atoms with Gasteiger partial charge in [-0.05, 0) is 36.1 Å². The third-order valence-electron chi connectivity index (χ3n) is 5.66. The van der Waals surface area contributed by atoms with E-state index in [1.807, 2.05) is 60.7 Å². The molecule has 160 valence electrons. The van der Waals surface area contributed by atoms with Crippen LogP contribution in [0.3, 0.4) is 0 Å². The number of hydrogen-bond donors (Lipinski definition) is 1. The molecule has 1 aliphatic rings. The number of sulfonamides is 1. The Morgan fingerprint density at radius 1 is 0.806 bits per heavy atom. The Morgan fingerprint density at radius 3 is 1.87 bits per heavy atom. The van der Waals surface area contributed by atoms with E-state index in [2.05, 4.69) is 5.32 Å². The fraction of sp³-hybridized carbons (Fsp3) is 0.240. The standard InChI is InChI=1S/C25H26N2O3S/c28-25(26-24(20-12-4-1-5-13-20)21-14-6-2-7-15-21)23-18-10-11-19-27(23)31(29,30)22-16-8-3-9-17-22/h1-9,12-17,23-24H,10-11,18-19H2,(H,26,28)/t23-/m1/s1. The molecule has 3 aromatic carbocycles. The minimum absolute atomic E-state index is 0.220. The van der Waals surface area contributed by atoms with Crippen molar-refractivity contribution in [1.82, 2.24) is 9.62 Å². The van der Waals surface area contributed by atoms with Crippen LogP contribution in [0.1, 0.15) is 36.4 Å². The zero-order chi connectivity index (χ0) is 21.7. The number of nitrogens with zero attached hydrogens (tertiary/aromatic N) is 1. The van der Waals surface area contributed by atoms with Gasteiger partial charge in [0.1, 0.15) is 6.04 Å². The molecule has 0 unspecified atom stereocenters. The Kier molecular flexibility index (Phi) is 6.49. The van der Waals surface area contributed by atoms with Gasteiger partial charge in [-0.3, -0.25) is 4.79 Å². The highest BCUT2D eigenvalue weighted by Gasteiger charge is 2.38. The van der Waals surface area contributed by atoms with Crippen LogP contribution in [0.4, 0.5) is 0 Å². The molecule has 1 heterocycles. The van der Waals surface area contributed by atoms with Crippen LogP contribution >= 0.6 is 0 Å². The molecule has 1 atom stereocenters. The summed E-state index contributed by atoms with van der Waals surface area (Å²) in [6.45, 7) is 0.344. The Labute approximate surface area is 183 Å². The zero-order valence-electron chi connectivity index (χ0n) is 17.2. The van der Waals surface area contributed by atoms with Crippen molar-refractivity contribution in [3.05, 3.63) is 102 Å². The van der Waals surface area contributed by atoms with Gasteiger partial charge in [0.05, 0.1) is 10.9 Å². The summed E-state index contributed by atoms with van der Waals surface area (Å²) in [7, 11) is -3.75. The van der Waals surface area contributed by atoms with Crippen molar-refractivity contribution in [3.63, 3.8) is 0 Å². The Bertz CT molecular complexity index is 1060. The molecular formula is C25H26N2O3S. The summed E-state index contributed by atoms with van der Waals surface area (Å²) in [4.78, 5) is 13.6. The molecular weight excluding hydrogens is 408 g/mol. The van der Waals surface area contributed by atoms with Crippen molar-refractivity contribution in [3.8, 4) is 0 Å². The zero-order valence-corrected chi connectivity index (χ0v) is 18.0. The van der Waals surface area contributed by atoms with E-state index in [0.29, 0.717) is 13.0 Å². The van der Waals surface area contributed by atoms with E-state index in [1.165, 1.54) is 4.31 Å². The van der Waals surface area contributed by atoms with E-state index in [-0.39, 0.29) is 16.8 Å². The van der Waals surface area contributed by atoms with Crippen molar-refractivity contribution in [1.29, 1.82) is 0 Å². The smallest absolute Gasteiger partial charge is 0.243 e. The van der Waals surface area contributed by atoms with Gasteiger partial charge < -0.3 is 5.32 Å². The summed E-state index contributed by atoms with van der Waals surface area (Å²) >= 11 is 0. The normalized spacial score (nSPS) is 17.4. The summed E-state index contributed by atoms with van der Waals surface area (Å²) in [5.74, 6) is -0.267. The van der Waals surface area contributed by atoms with E-state index in [0.717, 1.165) is 24.0 Å². The number of amides is 1. The van der Waals surface area contributed by atoms with Gasteiger partial charge in [0.25, 0.3) is 0 Å². The molecule has 0 radical (unpaired) electrons. The summed E-state index contributed by atoms with van der Waals surface area (Å²) in [6.07, 6.45) is 2.07. The summed E-state index contributed by atoms with van der Waals surface area (Å²) < 4.78 is 27.9. The maximum absolute atomic E-state index is 13.4. The quantitative estimate of drug-likeness (QED) is 0.634. The molecule has 1 fully saturated rings. The van der Waals surface area contributed by atoms with Crippen molar-refractivity contribution < 1.29 is 13.2 Å². The molecule has 0 saturated carbocycles. The van der Waals surface area contributed by atoms with Crippen molar-refractivity contribution in [2.75, 3.05) is 6.54 Å². The van der Waals surface area contributed by atoms with E-state index >= 15 is 0 Å². The predicted molar refractivity (Wildman–Crippen MR) is 121 cm³/mol. The molecule has 5 nitrogen and oxygen atoms in total. The van der Waals surface area contributed by atoms with Gasteiger partial charge in [-0.25, -0.2) is 8.42 Å². The van der Waals surface area contributed by atoms with Crippen molar-refractivity contribution >= 4 is 15.9 Å². The topological polar surface area (TPSA) is 66.5 Å². The molecule has 1 aliphatic heterocycles. The van der Waals surface area contributed by atoms with Crippen LogP contribution in [-0.4, -0.2) is 31.2 Å². The van der Waals surface area contributed by atoms with Gasteiger partial charge in [0.2, 0.25) is 15.9 Å². The second-order valence-electron chi connectivity index (χ2n) is 7.70. The monoisotopic (exact) mass is 434 g/mol. The van der Waals surface area contributed by atoms with Crippen LogP contribution in [0.25, 0.3) is 0 Å². The first kappa shape index (κ1) is 21.3. The summed E-state index contributed by atoms with van der Waals surface area (Å²) in [6, 6.07) is 26.7. The first-order valence-corrected chi connectivity index (χ1v) is 12.0. The van der Waals surface area contributed by atoms with Crippen LogP contribution in [0.2, 0.25) is 0 Å². The molecule has 6 heteroatoms. The second kappa shape index (κ2) is 9.45. The van der Waals surface area contributed by atoms with Gasteiger partial charge in [-0.2, -0.15) is 4.31 Å². The minimum Gasteiger partial charge on any atom is -0.344 e. The van der Waals surface area contributed by atoms with E-state index in [1.54, 1.807) is 30.3 Å². The Hall–Kier alpha value is -2.96. The molecule has 4 rings (SSSR count). The number of piperidine rings is 1. The fourth-order valence-corrected chi connectivity index (χ4v) is 5.75. The molecule has 1 N–H and O–H groups in total. The second-order valence-corrected chi connectivity index (χ2v) is 9.59. The molecule has 3 aromatic rings. The lowest BCUT2D eigenvalue weighted by Crippen LogP contribution is -2.52. The fourth-order valence-electron chi connectivity index (χ4n) is 4.07. The summed E-state index contributed by atoms with van der Waals surface area (Å²) in [5, 5.41) is 3.13. The van der Waals surface area contributed by atoms with E-state index in [4.69, 9.17) is 0 Å². The number of hydrogen-bond acceptors (Lipinski definition) is 3. The van der Waals surface area contributed by atoms with Crippen LogP contribution in [0.15, 0.2) is 95.9 Å². The van der Waals surface area contributed by atoms with Crippen molar-refractivity contribution in [2.45, 2.75) is 36.2 Å². The highest BCUT2D eigenvalue weighted by atomic mass is 32.2. The van der Waals surface area contributed by atoms with E-state index < -0.39 is 16.1 Å². The van der Waals surface area contributed by atoms with Crippen LogP contribution in [0, 0.1) is 0 Å². The lowest BCUT2D eigenvalue weighted by molar-refractivity contribution is -0.126. The molecule has 31 heavy (non-hydrogen) atoms. The van der Waals surface area contributed by atoms with Gasteiger partial charge in [0, 0.05) is 6.54 Å². The number of carbonyl (C=O) groups excluding carboxylic acids is 1. The molecule has 0 spiro atoms. The number of rotatable bonds is 6. The first-order chi connectivity index (χ1) is 15.1. The summed E-state index contributed by atoms with van der Waals surface area (Å²) in [5.41, 5.74) is 1.91. The van der Waals surface area contributed by atoms with E-state index in [9.17, 15) is 13.2 Å². The average molecular weight is 435 g/mol. The first-order valence-electron chi connectivity index (χ1n) is 10.5. The third-order valence-corrected chi connectivity index (χ3v) is 7.58. The Morgan fingerprint density at radius 2 is 1.32 bits per heavy atom. The van der Waals surface area contributed by atoms with Crippen LogP contribution in [-0.2, 0) is 14.8 Å². The average Bonchev–Trinajstić information content (AvgIpc) is 2.84. The number of nitrogens with one attached hydrogen (secondary N) is 1. The lowest BCUT2D eigenvalue weighted by Gasteiger charge is -2.34. The molecule has 1 saturated heterocycles. The third kappa shape index (κ3) is 4.70. The molecule has 0 bridgehead atoms. The Balaban J connectivity index is 1.63. The minimum atomic E-state index is -3.75. The predicted octanol–water partition coefficient (Wildman–Crippen LogP) is 4.14. The lowest BCUT2D eigenvalue weighted by atomic mass is 9.97. The van der Waals surface area contributed by atoms with Gasteiger partial charge in [0.15, 0.2) is 0 Å². The van der Waals surface area contributed by atoms with Crippen LogP contribution in [0.5, 0.6) is 0 Å². The molecule has 0 aromatic heterocycles. The number of carbonyl (C=O) groups is 1. The maximum atomic E-state index is 13.4. The molecule has 1 amide bonds. The van der Waals surface area contributed by atoms with Crippen molar-refractivity contribution in [2.24, 2.45) is 0 Å². The number of benzene rings is 3. The highest BCUT2D eigenvalue weighted by Crippen LogP contribution is 2.27. The van der Waals surface area contributed by atoms with Crippen LogP contribution < -0.4 is 5.32 Å². The SMILES string of the molecule is O=C(NC(c1ccccc1)c1ccccc1)[C@H]1CCCCN1S(=O)(=O)c1ccccc1. The largest absolute Gasteiger partial charge is 0.344 e.